The van der Waals surface area contributed by atoms with Gasteiger partial charge in [-0.1, -0.05) is 11.6 Å². The highest BCUT2D eigenvalue weighted by molar-refractivity contribution is 6.36. The van der Waals surface area contributed by atoms with E-state index in [2.05, 4.69) is 20.3 Å². The Morgan fingerprint density at radius 1 is 1.20 bits per heavy atom. The van der Waals surface area contributed by atoms with E-state index in [1.807, 2.05) is 4.90 Å². The van der Waals surface area contributed by atoms with Crippen molar-refractivity contribution in [3.63, 3.8) is 0 Å². The van der Waals surface area contributed by atoms with Crippen molar-refractivity contribution in [2.45, 2.75) is 56.0 Å². The van der Waals surface area contributed by atoms with E-state index in [9.17, 15) is 22.0 Å². The number of nitrogen functional groups attached to an aromatic ring is 1. The van der Waals surface area contributed by atoms with Crippen molar-refractivity contribution in [3.05, 3.63) is 28.0 Å². The fourth-order valence-electron chi connectivity index (χ4n) is 7.88. The number of alkyl halides is 5. The number of anilines is 2. The number of nitrogens with one attached hydrogen (secondary N) is 1. The van der Waals surface area contributed by atoms with Crippen molar-refractivity contribution in [1.29, 1.82) is 0 Å². The number of hydrogen-bond acceptors (Lipinski definition) is 9. The van der Waals surface area contributed by atoms with E-state index >= 15 is 4.39 Å². The number of fused-ring (bicyclic) bond motifs is 6. The van der Waals surface area contributed by atoms with Gasteiger partial charge in [0.1, 0.15) is 30.4 Å². The van der Waals surface area contributed by atoms with E-state index in [1.54, 1.807) is 11.9 Å². The average Bonchev–Trinajstić information content (AvgIpc) is 3.18. The molecule has 6 heterocycles. The summed E-state index contributed by atoms with van der Waals surface area (Å²) in [5.41, 5.74) is 2.51. The molecule has 240 valence electrons. The first-order valence-corrected chi connectivity index (χ1v) is 15.1. The number of likely N-dealkylation sites (N-methyl/N-ethyl adjacent to an activating group) is 1. The lowest BCUT2D eigenvalue weighted by Gasteiger charge is -2.40. The zero-order chi connectivity index (χ0) is 31.7. The summed E-state index contributed by atoms with van der Waals surface area (Å²) in [5.74, 6) is -5.71. The Morgan fingerprint density at radius 2 is 1.98 bits per heavy atom. The Morgan fingerprint density at radius 3 is 2.71 bits per heavy atom. The van der Waals surface area contributed by atoms with Gasteiger partial charge in [0.2, 0.25) is 0 Å². The minimum atomic E-state index is -4.92. The predicted octanol–water partition coefficient (Wildman–Crippen LogP) is 4.67. The van der Waals surface area contributed by atoms with Crippen LogP contribution in [0.3, 0.4) is 0 Å². The summed E-state index contributed by atoms with van der Waals surface area (Å²) in [7, 11) is 1.73. The molecule has 45 heavy (non-hydrogen) atoms. The molecule has 6 atom stereocenters. The molecule has 2 aromatic heterocycles. The van der Waals surface area contributed by atoms with Crippen molar-refractivity contribution in [1.82, 2.24) is 25.2 Å². The first kappa shape index (κ1) is 29.1. The van der Waals surface area contributed by atoms with Gasteiger partial charge in [-0.3, -0.25) is 4.90 Å². The van der Waals surface area contributed by atoms with Crippen LogP contribution in [0.4, 0.5) is 38.0 Å². The van der Waals surface area contributed by atoms with Crippen molar-refractivity contribution in [3.8, 4) is 23.0 Å². The quantitative estimate of drug-likeness (QED) is 0.389. The first-order chi connectivity index (χ1) is 21.3. The lowest BCUT2D eigenvalue weighted by Crippen LogP contribution is -2.60. The SMILES string of the molecule is Cc1cc(N)nc(-c2c(Cl)c3c4c(nc(OCC5C6C(CN5C)C6(F)F)nc4c2F)N2CC4CCC(N4)C2CO3)c1C(F)(F)F. The Kier molecular flexibility index (Phi) is 6.22. The molecular formula is C29H28ClF6N7O2. The van der Waals surface area contributed by atoms with Gasteiger partial charge in [-0.15, -0.1) is 0 Å². The van der Waals surface area contributed by atoms with Crippen molar-refractivity contribution >= 4 is 34.1 Å². The number of piperazine rings is 1. The number of hydrogen-bond donors (Lipinski definition) is 2. The number of halogens is 7. The molecule has 0 radical (unpaired) electrons. The highest BCUT2D eigenvalue weighted by Gasteiger charge is 2.75. The summed E-state index contributed by atoms with van der Waals surface area (Å²) in [5, 5.41) is 3.21. The maximum Gasteiger partial charge on any atom is 0.418 e. The van der Waals surface area contributed by atoms with Gasteiger partial charge < -0.3 is 25.4 Å². The second-order valence-corrected chi connectivity index (χ2v) is 13.1. The Bertz CT molecular complexity index is 1760. The number of pyridine rings is 1. The number of rotatable bonds is 4. The monoisotopic (exact) mass is 655 g/mol. The number of nitrogens with zero attached hydrogens (tertiary/aromatic N) is 5. The fraction of sp³-hybridized carbons (Fsp3) is 0.552. The molecule has 3 saturated heterocycles. The number of piperidine rings is 1. The molecule has 8 rings (SSSR count). The number of aryl methyl sites for hydroxylation is 1. The molecule has 9 nitrogen and oxygen atoms in total. The molecule has 1 aliphatic carbocycles. The van der Waals surface area contributed by atoms with Crippen LogP contribution >= 0.6 is 11.6 Å². The van der Waals surface area contributed by atoms with E-state index in [1.165, 1.54) is 6.92 Å². The normalized spacial score (nSPS) is 29.8. The van der Waals surface area contributed by atoms with Gasteiger partial charge in [0.15, 0.2) is 11.6 Å². The third kappa shape index (κ3) is 4.25. The van der Waals surface area contributed by atoms with E-state index in [0.29, 0.717) is 6.54 Å². The van der Waals surface area contributed by atoms with Crippen molar-refractivity contribution in [2.24, 2.45) is 11.8 Å². The summed E-state index contributed by atoms with van der Waals surface area (Å²) in [6.07, 6.45) is -3.17. The van der Waals surface area contributed by atoms with Crippen LogP contribution in [0.5, 0.6) is 11.8 Å². The van der Waals surface area contributed by atoms with Crippen LogP contribution in [0.15, 0.2) is 6.07 Å². The van der Waals surface area contributed by atoms with Gasteiger partial charge in [0.25, 0.3) is 5.92 Å². The van der Waals surface area contributed by atoms with Gasteiger partial charge in [-0.25, -0.2) is 18.2 Å². The highest BCUT2D eigenvalue weighted by atomic mass is 35.5. The number of aromatic nitrogens is 3. The van der Waals surface area contributed by atoms with Crippen molar-refractivity contribution in [2.75, 3.05) is 44.0 Å². The number of nitrogens with two attached hydrogens (primary N) is 1. The van der Waals surface area contributed by atoms with Gasteiger partial charge >= 0.3 is 12.2 Å². The summed E-state index contributed by atoms with van der Waals surface area (Å²) in [6, 6.07) is -0.0100. The molecule has 0 spiro atoms. The minimum Gasteiger partial charge on any atom is -0.489 e. The maximum atomic E-state index is 16.8. The molecule has 3 N–H and O–H groups in total. The summed E-state index contributed by atoms with van der Waals surface area (Å²) >= 11 is 6.75. The summed E-state index contributed by atoms with van der Waals surface area (Å²) in [4.78, 5) is 16.6. The van der Waals surface area contributed by atoms with Crippen LogP contribution in [0.2, 0.25) is 5.02 Å². The van der Waals surface area contributed by atoms with Crippen molar-refractivity contribution < 1.29 is 35.8 Å². The molecule has 6 unspecified atom stereocenters. The Balaban J connectivity index is 1.32. The summed E-state index contributed by atoms with van der Waals surface area (Å²) < 4.78 is 100. The molecule has 16 heteroatoms. The molecular weight excluding hydrogens is 628 g/mol. The molecule has 3 aromatic rings. The molecule has 1 aromatic carbocycles. The third-order valence-electron chi connectivity index (χ3n) is 10.0. The molecule has 4 fully saturated rings. The zero-order valence-corrected chi connectivity index (χ0v) is 24.8. The van der Waals surface area contributed by atoms with E-state index < -0.39 is 57.6 Å². The molecule has 0 amide bonds. The Hall–Kier alpha value is -3.30. The van der Waals surface area contributed by atoms with Gasteiger partial charge in [-0.05, 0) is 38.4 Å². The average molecular weight is 656 g/mol. The molecule has 5 aliphatic rings. The zero-order valence-electron chi connectivity index (χ0n) is 24.1. The maximum absolute atomic E-state index is 16.8. The van der Waals surface area contributed by atoms with Crippen LogP contribution in [-0.2, 0) is 6.18 Å². The summed E-state index contributed by atoms with van der Waals surface area (Å²) in [6.45, 7) is 1.80. The number of likely N-dealkylation sites (tertiary alicyclic amines) is 1. The minimum absolute atomic E-state index is 0.00628. The lowest BCUT2D eigenvalue weighted by molar-refractivity contribution is -0.137. The first-order valence-electron chi connectivity index (χ1n) is 14.7. The molecule has 1 saturated carbocycles. The number of ether oxygens (including phenoxy) is 2. The largest absolute Gasteiger partial charge is 0.489 e. The van der Waals surface area contributed by atoms with Crippen LogP contribution < -0.4 is 25.4 Å². The second kappa shape index (κ2) is 9.61. The van der Waals surface area contributed by atoms with Gasteiger partial charge in [0, 0.05) is 31.1 Å². The van der Waals surface area contributed by atoms with Gasteiger partial charge in [-0.2, -0.15) is 23.1 Å². The Labute approximate surface area is 258 Å². The third-order valence-corrected chi connectivity index (χ3v) is 10.4. The molecule has 2 bridgehead atoms. The standard InChI is InChI=1S/C29H28ClF6N7O2/c1-10-5-16(37)39-23(19(10)29(34,35)36)17-21(30)25-18-24(22(17)31)40-27(45-9-15-20-12(7-42(15)2)28(20,32)33)41-26(18)43-6-11-3-4-13(38-11)14(43)8-44-25/h5,11-15,20,38H,3-4,6-9H2,1-2H3,(H2,37,39). The van der Waals surface area contributed by atoms with Crippen LogP contribution in [0, 0.1) is 24.6 Å². The van der Waals surface area contributed by atoms with Crippen LogP contribution in [0.1, 0.15) is 24.0 Å². The van der Waals surface area contributed by atoms with Gasteiger partial charge in [0.05, 0.1) is 45.2 Å². The van der Waals surface area contributed by atoms with Crippen LogP contribution in [-0.4, -0.2) is 83.3 Å². The second-order valence-electron chi connectivity index (χ2n) is 12.7. The smallest absolute Gasteiger partial charge is 0.418 e. The van der Waals surface area contributed by atoms with E-state index in [-0.39, 0.29) is 77.7 Å². The number of benzene rings is 1. The van der Waals surface area contributed by atoms with E-state index in [4.69, 9.17) is 26.8 Å². The fourth-order valence-corrected chi connectivity index (χ4v) is 8.20. The predicted molar refractivity (Wildman–Crippen MR) is 152 cm³/mol. The highest BCUT2D eigenvalue weighted by Crippen LogP contribution is 2.62. The van der Waals surface area contributed by atoms with E-state index in [0.717, 1.165) is 18.9 Å². The lowest BCUT2D eigenvalue weighted by atomic mass is 9.98. The van der Waals surface area contributed by atoms with Crippen LogP contribution in [0.25, 0.3) is 22.2 Å². The topological polar surface area (TPSA) is 102 Å². The molecule has 4 aliphatic heterocycles.